The van der Waals surface area contributed by atoms with Crippen molar-refractivity contribution in [2.75, 3.05) is 0 Å². The number of hydrogen-bond donors (Lipinski definition) is 0. The van der Waals surface area contributed by atoms with Crippen LogP contribution in [0.5, 0.6) is 0 Å². The number of aldehydes is 1. The van der Waals surface area contributed by atoms with Crippen LogP contribution in [0, 0.1) is 0 Å². The van der Waals surface area contributed by atoms with Gasteiger partial charge >= 0.3 is 0 Å². The van der Waals surface area contributed by atoms with Crippen molar-refractivity contribution in [1.82, 2.24) is 9.78 Å². The highest BCUT2D eigenvalue weighted by Gasteiger charge is 2.22. The van der Waals surface area contributed by atoms with Crippen LogP contribution in [0.25, 0.3) is 0 Å². The molecule has 17 heavy (non-hydrogen) atoms. The molecule has 0 aliphatic heterocycles. The van der Waals surface area contributed by atoms with E-state index in [-0.39, 0.29) is 0 Å². The summed E-state index contributed by atoms with van der Waals surface area (Å²) in [6, 6.07) is 0.389. The summed E-state index contributed by atoms with van der Waals surface area (Å²) in [5.41, 5.74) is 1.46. The molecule has 0 saturated heterocycles. The van der Waals surface area contributed by atoms with Gasteiger partial charge in [0.15, 0.2) is 6.29 Å². The second kappa shape index (κ2) is 5.67. The minimum Gasteiger partial charge on any atom is -0.298 e. The van der Waals surface area contributed by atoms with E-state index >= 15 is 0 Å². The molecule has 2 rings (SSSR count). The molecule has 1 heterocycles. The summed E-state index contributed by atoms with van der Waals surface area (Å²) in [6.45, 7) is 2.09. The van der Waals surface area contributed by atoms with Crippen LogP contribution in [0.4, 0.5) is 0 Å². The summed E-state index contributed by atoms with van der Waals surface area (Å²) in [6.07, 6.45) is 8.70. The van der Waals surface area contributed by atoms with Gasteiger partial charge in [-0.15, -0.1) is 0 Å². The zero-order valence-electron chi connectivity index (χ0n) is 10.3. The molecular weight excluding hydrogens is 236 g/mol. The van der Waals surface area contributed by atoms with E-state index in [0.717, 1.165) is 37.7 Å². The van der Waals surface area contributed by atoms with Crippen molar-refractivity contribution in [3.8, 4) is 0 Å². The van der Waals surface area contributed by atoms with E-state index < -0.39 is 0 Å². The smallest absolute Gasteiger partial charge is 0.155 e. The molecule has 0 atom stereocenters. The minimum atomic E-state index is 0.389. The number of aromatic nitrogens is 2. The molecule has 0 bridgehead atoms. The van der Waals surface area contributed by atoms with Gasteiger partial charge in [-0.3, -0.25) is 4.79 Å². The number of aryl methyl sites for hydroxylation is 1. The molecule has 0 N–H and O–H groups in total. The Bertz CT molecular complexity index is 394. The zero-order valence-corrected chi connectivity index (χ0v) is 11.0. The maximum atomic E-state index is 11.1. The first-order valence-electron chi connectivity index (χ1n) is 6.50. The quantitative estimate of drug-likeness (QED) is 0.766. The fourth-order valence-corrected chi connectivity index (χ4v) is 2.91. The van der Waals surface area contributed by atoms with Crippen molar-refractivity contribution < 1.29 is 4.79 Å². The Morgan fingerprint density at radius 1 is 1.41 bits per heavy atom. The number of nitrogens with zero attached hydrogens (tertiary/aromatic N) is 2. The molecule has 1 fully saturated rings. The second-order valence-electron chi connectivity index (χ2n) is 4.76. The van der Waals surface area contributed by atoms with Gasteiger partial charge in [0, 0.05) is 0 Å². The molecule has 94 valence electrons. The van der Waals surface area contributed by atoms with Crippen molar-refractivity contribution >= 4 is 17.9 Å². The third-order valence-corrected chi connectivity index (χ3v) is 3.86. The topological polar surface area (TPSA) is 34.9 Å². The first-order valence-corrected chi connectivity index (χ1v) is 6.87. The van der Waals surface area contributed by atoms with Crippen LogP contribution in [0.15, 0.2) is 0 Å². The van der Waals surface area contributed by atoms with Crippen LogP contribution in [-0.4, -0.2) is 16.1 Å². The fourth-order valence-electron chi connectivity index (χ4n) is 2.58. The molecule has 4 heteroatoms. The van der Waals surface area contributed by atoms with Gasteiger partial charge in [0.1, 0.15) is 5.15 Å². The van der Waals surface area contributed by atoms with Gasteiger partial charge in [0.05, 0.1) is 17.3 Å². The van der Waals surface area contributed by atoms with Crippen LogP contribution in [0.1, 0.15) is 67.5 Å². The summed E-state index contributed by atoms with van der Waals surface area (Å²) < 4.78 is 1.88. The molecule has 1 aromatic rings. The molecule has 1 aliphatic carbocycles. The van der Waals surface area contributed by atoms with Crippen molar-refractivity contribution in [2.24, 2.45) is 0 Å². The SMILES string of the molecule is CCCc1nn(C2CCCCC2)c(Cl)c1C=O. The zero-order chi connectivity index (χ0) is 12.3. The Balaban J connectivity index is 2.29. The lowest BCUT2D eigenvalue weighted by atomic mass is 9.96. The van der Waals surface area contributed by atoms with E-state index in [1.165, 1.54) is 19.3 Å². The van der Waals surface area contributed by atoms with Gasteiger partial charge in [0.2, 0.25) is 0 Å². The molecule has 0 radical (unpaired) electrons. The Morgan fingerprint density at radius 2 is 2.12 bits per heavy atom. The van der Waals surface area contributed by atoms with E-state index in [1.807, 2.05) is 4.68 Å². The lowest BCUT2D eigenvalue weighted by Gasteiger charge is -2.22. The van der Waals surface area contributed by atoms with Crippen LogP contribution in [-0.2, 0) is 6.42 Å². The van der Waals surface area contributed by atoms with E-state index in [1.54, 1.807) is 0 Å². The minimum absolute atomic E-state index is 0.389. The Kier molecular flexibility index (Phi) is 4.21. The normalized spacial score (nSPS) is 17.3. The second-order valence-corrected chi connectivity index (χ2v) is 5.11. The lowest BCUT2D eigenvalue weighted by Crippen LogP contribution is -2.14. The third-order valence-electron chi connectivity index (χ3n) is 3.49. The van der Waals surface area contributed by atoms with Gasteiger partial charge in [0.25, 0.3) is 0 Å². The Labute approximate surface area is 107 Å². The van der Waals surface area contributed by atoms with E-state index in [4.69, 9.17) is 11.6 Å². The predicted octanol–water partition coefficient (Wildman–Crippen LogP) is 3.81. The van der Waals surface area contributed by atoms with Crippen LogP contribution < -0.4 is 0 Å². The standard InChI is InChI=1S/C13H19ClN2O/c1-2-6-12-11(9-17)13(14)16(15-12)10-7-4-3-5-8-10/h9-10H,2-8H2,1H3. The average Bonchev–Trinajstić information content (AvgIpc) is 2.67. The molecule has 0 amide bonds. The molecule has 0 aromatic carbocycles. The summed E-state index contributed by atoms with van der Waals surface area (Å²) in [5, 5.41) is 5.08. The number of rotatable bonds is 4. The molecule has 0 unspecified atom stereocenters. The van der Waals surface area contributed by atoms with E-state index in [2.05, 4.69) is 12.0 Å². The maximum Gasteiger partial charge on any atom is 0.155 e. The van der Waals surface area contributed by atoms with Crippen molar-refractivity contribution in [2.45, 2.75) is 57.9 Å². The Morgan fingerprint density at radius 3 is 2.71 bits per heavy atom. The summed E-state index contributed by atoms with van der Waals surface area (Å²) in [7, 11) is 0. The molecule has 3 nitrogen and oxygen atoms in total. The number of hydrogen-bond acceptors (Lipinski definition) is 2. The number of halogens is 1. The lowest BCUT2D eigenvalue weighted by molar-refractivity contribution is 0.112. The van der Waals surface area contributed by atoms with E-state index in [9.17, 15) is 4.79 Å². The van der Waals surface area contributed by atoms with Crippen molar-refractivity contribution in [1.29, 1.82) is 0 Å². The maximum absolute atomic E-state index is 11.1. The Hall–Kier alpha value is -0.830. The van der Waals surface area contributed by atoms with Crippen LogP contribution in [0.2, 0.25) is 5.15 Å². The molecule has 1 aromatic heterocycles. The van der Waals surface area contributed by atoms with Crippen LogP contribution >= 0.6 is 11.6 Å². The van der Waals surface area contributed by atoms with Gasteiger partial charge < -0.3 is 0 Å². The summed E-state index contributed by atoms with van der Waals surface area (Å²) >= 11 is 6.27. The summed E-state index contributed by atoms with van der Waals surface area (Å²) in [4.78, 5) is 11.1. The number of carbonyl (C=O) groups excluding carboxylic acids is 1. The highest BCUT2D eigenvalue weighted by molar-refractivity contribution is 6.32. The van der Waals surface area contributed by atoms with Crippen molar-refractivity contribution in [3.05, 3.63) is 16.4 Å². The molecular formula is C13H19ClN2O. The van der Waals surface area contributed by atoms with Gasteiger partial charge in [-0.1, -0.05) is 44.2 Å². The van der Waals surface area contributed by atoms with Crippen molar-refractivity contribution in [3.63, 3.8) is 0 Å². The monoisotopic (exact) mass is 254 g/mol. The third kappa shape index (κ3) is 2.54. The highest BCUT2D eigenvalue weighted by Crippen LogP contribution is 2.32. The largest absolute Gasteiger partial charge is 0.298 e. The summed E-state index contributed by atoms with van der Waals surface area (Å²) in [5.74, 6) is 0. The predicted molar refractivity (Wildman–Crippen MR) is 68.7 cm³/mol. The fraction of sp³-hybridized carbons (Fsp3) is 0.692. The van der Waals surface area contributed by atoms with Crippen LogP contribution in [0.3, 0.4) is 0 Å². The van der Waals surface area contributed by atoms with Gasteiger partial charge in [-0.2, -0.15) is 5.10 Å². The molecule has 1 saturated carbocycles. The first-order chi connectivity index (χ1) is 8.27. The number of carbonyl (C=O) groups is 1. The average molecular weight is 255 g/mol. The highest BCUT2D eigenvalue weighted by atomic mass is 35.5. The van der Waals surface area contributed by atoms with E-state index in [0.29, 0.717) is 16.8 Å². The molecule has 0 spiro atoms. The van der Waals surface area contributed by atoms with Gasteiger partial charge in [-0.25, -0.2) is 4.68 Å². The molecule has 1 aliphatic rings. The first kappa shape index (κ1) is 12.6. The van der Waals surface area contributed by atoms with Gasteiger partial charge in [-0.05, 0) is 19.3 Å².